The van der Waals surface area contributed by atoms with Gasteiger partial charge in [-0.2, -0.15) is 0 Å². The van der Waals surface area contributed by atoms with Crippen molar-refractivity contribution in [3.05, 3.63) is 12.4 Å². The van der Waals surface area contributed by atoms with Gasteiger partial charge in [-0.3, -0.25) is 0 Å². The molecule has 1 aliphatic carbocycles. The van der Waals surface area contributed by atoms with E-state index in [1.807, 2.05) is 13.1 Å². The molecule has 0 aromatic carbocycles. The van der Waals surface area contributed by atoms with E-state index in [9.17, 15) is 0 Å². The minimum atomic E-state index is 0.324. The number of nitrogens with one attached hydrogen (secondary N) is 2. The Morgan fingerprint density at radius 1 is 1.24 bits per heavy atom. The van der Waals surface area contributed by atoms with E-state index in [4.69, 9.17) is 5.11 Å². The first-order chi connectivity index (χ1) is 8.31. The molecule has 0 atom stereocenters. The molecule has 0 spiro atoms. The second kappa shape index (κ2) is 5.82. The van der Waals surface area contributed by atoms with Crippen LogP contribution in [0.5, 0.6) is 0 Å². The van der Waals surface area contributed by atoms with E-state index in [-0.39, 0.29) is 0 Å². The number of aromatic nitrogens is 2. The van der Waals surface area contributed by atoms with Crippen LogP contribution in [-0.2, 0) is 0 Å². The fraction of sp³-hybridized carbons (Fsp3) is 0.667. The highest BCUT2D eigenvalue weighted by molar-refractivity contribution is 5.46. The molecule has 0 radical (unpaired) electrons. The molecule has 1 aliphatic rings. The lowest BCUT2D eigenvalue weighted by molar-refractivity contribution is 0.185. The van der Waals surface area contributed by atoms with Crippen LogP contribution in [0.1, 0.15) is 25.7 Å². The van der Waals surface area contributed by atoms with Crippen LogP contribution in [0.25, 0.3) is 0 Å². The van der Waals surface area contributed by atoms with E-state index in [1.54, 1.807) is 6.33 Å². The van der Waals surface area contributed by atoms with Gasteiger partial charge in [-0.05, 0) is 31.6 Å². The Kier molecular flexibility index (Phi) is 4.14. The van der Waals surface area contributed by atoms with Crippen molar-refractivity contribution in [2.45, 2.75) is 31.7 Å². The molecule has 3 N–H and O–H groups in total. The molecular weight excluding hydrogens is 216 g/mol. The summed E-state index contributed by atoms with van der Waals surface area (Å²) in [5.74, 6) is 2.19. The summed E-state index contributed by atoms with van der Waals surface area (Å²) in [6.45, 7) is 0.324. The van der Waals surface area contributed by atoms with Gasteiger partial charge in [-0.25, -0.2) is 9.97 Å². The van der Waals surface area contributed by atoms with Crippen LogP contribution >= 0.6 is 0 Å². The van der Waals surface area contributed by atoms with Crippen LogP contribution in [-0.4, -0.2) is 34.8 Å². The molecule has 0 aliphatic heterocycles. The monoisotopic (exact) mass is 236 g/mol. The van der Waals surface area contributed by atoms with Crippen molar-refractivity contribution in [3.63, 3.8) is 0 Å². The zero-order valence-corrected chi connectivity index (χ0v) is 10.2. The summed E-state index contributed by atoms with van der Waals surface area (Å²) in [5.41, 5.74) is 0. The molecule has 0 unspecified atom stereocenters. The fourth-order valence-electron chi connectivity index (χ4n) is 2.27. The summed E-state index contributed by atoms with van der Waals surface area (Å²) >= 11 is 0. The van der Waals surface area contributed by atoms with Gasteiger partial charge in [-0.15, -0.1) is 0 Å². The highest BCUT2D eigenvalue weighted by Gasteiger charge is 2.20. The Labute approximate surface area is 102 Å². The largest absolute Gasteiger partial charge is 0.396 e. The lowest BCUT2D eigenvalue weighted by Gasteiger charge is -2.28. The molecule has 5 nitrogen and oxygen atoms in total. The molecular formula is C12H20N4O. The Morgan fingerprint density at radius 3 is 2.59 bits per heavy atom. The summed E-state index contributed by atoms with van der Waals surface area (Å²) in [4.78, 5) is 8.29. The lowest BCUT2D eigenvalue weighted by Crippen LogP contribution is -2.27. The quantitative estimate of drug-likeness (QED) is 0.738. The molecule has 0 amide bonds. The van der Waals surface area contributed by atoms with Gasteiger partial charge < -0.3 is 15.7 Å². The maximum Gasteiger partial charge on any atom is 0.131 e. The first kappa shape index (κ1) is 12.1. The third kappa shape index (κ3) is 3.30. The Hall–Kier alpha value is -1.36. The first-order valence-corrected chi connectivity index (χ1v) is 6.19. The van der Waals surface area contributed by atoms with Crippen molar-refractivity contribution in [3.8, 4) is 0 Å². The highest BCUT2D eigenvalue weighted by Crippen LogP contribution is 2.25. The third-order valence-corrected chi connectivity index (χ3v) is 3.38. The number of hydrogen-bond donors (Lipinski definition) is 3. The van der Waals surface area contributed by atoms with E-state index in [2.05, 4.69) is 20.6 Å². The fourth-order valence-corrected chi connectivity index (χ4v) is 2.27. The number of anilines is 2. The van der Waals surface area contributed by atoms with Crippen molar-refractivity contribution >= 4 is 11.6 Å². The Bertz CT molecular complexity index is 350. The number of nitrogens with zero attached hydrogens (tertiary/aromatic N) is 2. The van der Waals surface area contributed by atoms with E-state index < -0.39 is 0 Å². The number of rotatable bonds is 4. The van der Waals surface area contributed by atoms with E-state index >= 15 is 0 Å². The van der Waals surface area contributed by atoms with Crippen LogP contribution in [0, 0.1) is 5.92 Å². The van der Waals surface area contributed by atoms with Gasteiger partial charge in [0.2, 0.25) is 0 Å². The summed E-state index contributed by atoms with van der Waals surface area (Å²) in [6, 6.07) is 2.38. The predicted molar refractivity (Wildman–Crippen MR) is 68.0 cm³/mol. The molecule has 0 saturated heterocycles. The van der Waals surface area contributed by atoms with Crippen LogP contribution in [0.2, 0.25) is 0 Å². The first-order valence-electron chi connectivity index (χ1n) is 6.19. The van der Waals surface area contributed by atoms with E-state index in [1.165, 1.54) is 0 Å². The molecule has 0 bridgehead atoms. The number of aliphatic hydroxyl groups excluding tert-OH is 1. The maximum absolute atomic E-state index is 9.09. The predicted octanol–water partition coefficient (Wildman–Crippen LogP) is 1.48. The number of aliphatic hydroxyl groups is 1. The summed E-state index contributed by atoms with van der Waals surface area (Å²) in [6.07, 6.45) is 5.96. The van der Waals surface area contributed by atoms with Gasteiger partial charge >= 0.3 is 0 Å². The topological polar surface area (TPSA) is 70.1 Å². The molecule has 17 heavy (non-hydrogen) atoms. The van der Waals surface area contributed by atoms with Crippen molar-refractivity contribution in [1.29, 1.82) is 0 Å². The summed E-state index contributed by atoms with van der Waals surface area (Å²) in [5, 5.41) is 15.5. The van der Waals surface area contributed by atoms with Gasteiger partial charge in [0.05, 0.1) is 0 Å². The molecule has 5 heteroatoms. The molecule has 1 fully saturated rings. The lowest BCUT2D eigenvalue weighted by atomic mass is 9.86. The minimum absolute atomic E-state index is 0.324. The van der Waals surface area contributed by atoms with Gasteiger partial charge in [0, 0.05) is 25.8 Å². The van der Waals surface area contributed by atoms with Gasteiger partial charge in [0.15, 0.2) is 0 Å². The van der Waals surface area contributed by atoms with Gasteiger partial charge in [-0.1, -0.05) is 0 Å². The minimum Gasteiger partial charge on any atom is -0.396 e. The van der Waals surface area contributed by atoms with Crippen LogP contribution in [0.4, 0.5) is 11.6 Å². The van der Waals surface area contributed by atoms with Gasteiger partial charge in [0.1, 0.15) is 18.0 Å². The highest BCUT2D eigenvalue weighted by atomic mass is 16.3. The zero-order chi connectivity index (χ0) is 12.1. The average molecular weight is 236 g/mol. The van der Waals surface area contributed by atoms with Crippen molar-refractivity contribution in [1.82, 2.24) is 9.97 Å². The zero-order valence-electron chi connectivity index (χ0n) is 10.2. The summed E-state index contributed by atoms with van der Waals surface area (Å²) in [7, 11) is 1.85. The molecule has 2 rings (SSSR count). The molecule has 1 heterocycles. The maximum atomic E-state index is 9.09. The molecule has 1 saturated carbocycles. The molecule has 94 valence electrons. The third-order valence-electron chi connectivity index (χ3n) is 3.38. The normalized spacial score (nSPS) is 24.4. The van der Waals surface area contributed by atoms with Crippen LogP contribution in [0.15, 0.2) is 12.4 Å². The van der Waals surface area contributed by atoms with E-state index in [0.29, 0.717) is 18.6 Å². The van der Waals surface area contributed by atoms with E-state index in [0.717, 1.165) is 37.3 Å². The van der Waals surface area contributed by atoms with Crippen molar-refractivity contribution < 1.29 is 5.11 Å². The number of hydrogen-bond acceptors (Lipinski definition) is 5. The van der Waals surface area contributed by atoms with Crippen molar-refractivity contribution in [2.24, 2.45) is 5.92 Å². The molecule has 1 aromatic heterocycles. The Morgan fingerprint density at radius 2 is 1.94 bits per heavy atom. The standard InChI is InChI=1S/C12H20N4O/c1-13-11-6-12(15-8-14-11)16-10-4-2-9(7-17)3-5-10/h6,8-10,17H,2-5,7H2,1H3,(H2,13,14,15,16). The van der Waals surface area contributed by atoms with Crippen molar-refractivity contribution in [2.75, 3.05) is 24.3 Å². The Balaban J connectivity index is 1.88. The van der Waals surface area contributed by atoms with Crippen LogP contribution in [0.3, 0.4) is 0 Å². The van der Waals surface area contributed by atoms with Gasteiger partial charge in [0.25, 0.3) is 0 Å². The smallest absolute Gasteiger partial charge is 0.131 e. The van der Waals surface area contributed by atoms with Crippen LogP contribution < -0.4 is 10.6 Å². The second-order valence-corrected chi connectivity index (χ2v) is 4.58. The summed E-state index contributed by atoms with van der Waals surface area (Å²) < 4.78 is 0. The SMILES string of the molecule is CNc1cc(NC2CCC(CO)CC2)ncn1. The molecule has 1 aromatic rings. The second-order valence-electron chi connectivity index (χ2n) is 4.58. The average Bonchev–Trinajstić information content (AvgIpc) is 2.40.